The van der Waals surface area contributed by atoms with Crippen LogP contribution in [0, 0.1) is 0 Å². The first-order valence-electron chi connectivity index (χ1n) is 38.5. The summed E-state index contributed by atoms with van der Waals surface area (Å²) in [5.41, 5.74) is 15.9. The Labute approximate surface area is 648 Å². The highest BCUT2D eigenvalue weighted by molar-refractivity contribution is 9.09. The van der Waals surface area contributed by atoms with E-state index in [-0.39, 0.29) is 72.5 Å². The number of carbonyl (C=O) groups excluding carboxylic acids is 6. The van der Waals surface area contributed by atoms with Gasteiger partial charge in [0.1, 0.15) is 35.1 Å². The number of alkyl halides is 1. The van der Waals surface area contributed by atoms with Crippen LogP contribution in [-0.2, 0) is 45.1 Å². The molecule has 6 heterocycles. The zero-order chi connectivity index (χ0) is 73.8. The molecule has 20 heteroatoms. The van der Waals surface area contributed by atoms with Crippen LogP contribution in [0.5, 0.6) is 23.0 Å². The van der Waals surface area contributed by atoms with Crippen molar-refractivity contribution in [2.45, 2.75) is 139 Å². The molecule has 6 aliphatic heterocycles. The molecule has 0 bridgehead atoms. The van der Waals surface area contributed by atoms with Crippen molar-refractivity contribution < 1.29 is 48.5 Å². The van der Waals surface area contributed by atoms with Gasteiger partial charge in [0.2, 0.25) is 23.6 Å². The molecule has 18 nitrogen and oxygen atoms in total. The number of benzene rings is 8. The third kappa shape index (κ3) is 18.1. The van der Waals surface area contributed by atoms with Gasteiger partial charge in [-0.2, -0.15) is 0 Å². The first kappa shape index (κ1) is 76.7. The molecular formula is C88H98BrClN8O10. The quantitative estimate of drug-likeness (QED) is 0.0257. The van der Waals surface area contributed by atoms with Crippen LogP contribution < -0.4 is 35.2 Å². The Hall–Kier alpha value is -9.53. The Bertz CT molecular complexity index is 4460. The largest absolute Gasteiger partial charge is 0.508 e. The van der Waals surface area contributed by atoms with Gasteiger partial charge in [0.25, 0.3) is 11.8 Å². The monoisotopic (exact) mass is 1540 g/mol. The second kappa shape index (κ2) is 36.1. The van der Waals surface area contributed by atoms with Crippen molar-refractivity contribution in [2.75, 3.05) is 87.2 Å². The molecule has 564 valence electrons. The number of piperazine rings is 2. The number of hydrogen-bond donors (Lipinski definition) is 5. The molecular weight excluding hydrogens is 1440 g/mol. The van der Waals surface area contributed by atoms with E-state index in [1.807, 2.05) is 48.5 Å². The summed E-state index contributed by atoms with van der Waals surface area (Å²) in [6, 6.07) is 61.5. The predicted molar refractivity (Wildman–Crippen MR) is 426 cm³/mol. The van der Waals surface area contributed by atoms with E-state index < -0.39 is 12.1 Å². The number of aromatic hydroxyl groups is 2. The minimum atomic E-state index is -0.588. The third-order valence-corrected chi connectivity index (χ3v) is 23.3. The number of aryl methyl sites for hydroxylation is 2. The van der Waals surface area contributed by atoms with Gasteiger partial charge in [0, 0.05) is 118 Å². The molecule has 6 atom stereocenters. The average Bonchev–Trinajstić information content (AvgIpc) is 0.975. The van der Waals surface area contributed by atoms with Crippen LogP contribution in [0.25, 0.3) is 0 Å². The Morgan fingerprint density at radius 2 is 0.870 bits per heavy atom. The molecule has 2 unspecified atom stereocenters. The van der Waals surface area contributed by atoms with Gasteiger partial charge in [-0.15, -0.1) is 12.4 Å². The van der Waals surface area contributed by atoms with E-state index in [9.17, 15) is 39.0 Å². The fourth-order valence-electron chi connectivity index (χ4n) is 17.1. The second-order valence-corrected chi connectivity index (χ2v) is 30.3. The lowest BCUT2D eigenvalue weighted by Crippen LogP contribution is -2.52. The Morgan fingerprint density at radius 3 is 1.31 bits per heavy atom. The van der Waals surface area contributed by atoms with Crippen molar-refractivity contribution in [3.63, 3.8) is 0 Å². The number of imide groups is 2. The molecule has 8 aromatic rings. The summed E-state index contributed by atoms with van der Waals surface area (Å²) >= 11 is 3.47. The van der Waals surface area contributed by atoms with E-state index in [1.54, 1.807) is 9.80 Å². The van der Waals surface area contributed by atoms with Crippen LogP contribution in [0.3, 0.4) is 0 Å². The summed E-state index contributed by atoms with van der Waals surface area (Å²) < 4.78 is 12.1. The van der Waals surface area contributed by atoms with E-state index in [4.69, 9.17) is 9.47 Å². The molecule has 0 radical (unpaired) electrons. The number of carbonyl (C=O) groups is 6. The van der Waals surface area contributed by atoms with Crippen LogP contribution in [0.4, 0.5) is 11.4 Å². The van der Waals surface area contributed by atoms with Crippen LogP contribution in [-0.4, -0.2) is 150 Å². The van der Waals surface area contributed by atoms with E-state index in [0.717, 1.165) is 156 Å². The predicted octanol–water partition coefficient (Wildman–Crippen LogP) is 13.9. The number of phenols is 2. The summed E-state index contributed by atoms with van der Waals surface area (Å²) in [4.78, 5) is 83.5. The van der Waals surface area contributed by atoms with Crippen LogP contribution in [0.15, 0.2) is 182 Å². The number of nitrogens with zero attached hydrogens (tertiary/aromatic N) is 5. The molecule has 4 fully saturated rings. The Kier molecular flexibility index (Phi) is 25.6. The van der Waals surface area contributed by atoms with E-state index >= 15 is 0 Å². The molecule has 0 spiro atoms. The number of piperidine rings is 2. The first-order chi connectivity index (χ1) is 52.3. The summed E-state index contributed by atoms with van der Waals surface area (Å²) in [5, 5.41) is 29.2. The molecule has 8 aromatic carbocycles. The fourth-order valence-corrected chi connectivity index (χ4v) is 17.5. The molecule has 0 aromatic heterocycles. The first-order valence-corrected chi connectivity index (χ1v) is 39.7. The van der Waals surface area contributed by atoms with Crippen molar-refractivity contribution in [3.05, 3.63) is 249 Å². The van der Waals surface area contributed by atoms with Crippen LogP contribution in [0.2, 0.25) is 0 Å². The highest BCUT2D eigenvalue weighted by Crippen LogP contribution is 2.49. The lowest BCUT2D eigenvalue weighted by Gasteiger charge is -2.36. The van der Waals surface area contributed by atoms with Crippen molar-refractivity contribution in [2.24, 2.45) is 0 Å². The lowest BCUT2D eigenvalue weighted by atomic mass is 9.69. The number of amides is 6. The molecule has 2 aliphatic carbocycles. The number of nitrogens with one attached hydrogen (secondary N) is 3. The minimum absolute atomic E-state index is 0. The summed E-state index contributed by atoms with van der Waals surface area (Å²) in [5.74, 6) is 2.34. The van der Waals surface area contributed by atoms with Gasteiger partial charge >= 0.3 is 0 Å². The summed E-state index contributed by atoms with van der Waals surface area (Å²) in [6.07, 6.45) is 12.1. The third-order valence-electron chi connectivity index (χ3n) is 22.8. The number of ether oxygens (including phenoxy) is 2. The number of hydrogen-bond acceptors (Lipinski definition) is 14. The summed E-state index contributed by atoms with van der Waals surface area (Å²) in [6.45, 7) is 11.1. The van der Waals surface area contributed by atoms with Gasteiger partial charge in [-0.1, -0.05) is 113 Å². The maximum absolute atomic E-state index is 13.1. The van der Waals surface area contributed by atoms with E-state index in [1.165, 1.54) is 57.3 Å². The number of halogens is 2. The van der Waals surface area contributed by atoms with Gasteiger partial charge in [0.15, 0.2) is 0 Å². The smallest absolute Gasteiger partial charge is 0.255 e. The fraction of sp³-hybridized carbons (Fsp3) is 0.386. The number of rotatable bonds is 21. The van der Waals surface area contributed by atoms with Gasteiger partial charge in [-0.05, 0) is 236 Å². The number of fused-ring (bicyclic) bond motifs is 4. The average molecular weight is 1540 g/mol. The maximum Gasteiger partial charge on any atom is 0.255 e. The lowest BCUT2D eigenvalue weighted by molar-refractivity contribution is -0.138. The number of phenolic OH excluding ortho intramolecular Hbond substituents is 2. The minimum Gasteiger partial charge on any atom is -0.508 e. The van der Waals surface area contributed by atoms with Crippen molar-refractivity contribution in [3.8, 4) is 23.0 Å². The normalized spacial score (nSPS) is 21.0. The molecule has 4 saturated heterocycles. The molecule has 0 saturated carbocycles. The molecule has 108 heavy (non-hydrogen) atoms. The Balaban J connectivity index is 0.000000157. The number of unbranched alkanes of at least 4 members (excludes halogenated alkanes) is 4. The highest BCUT2D eigenvalue weighted by Gasteiger charge is 2.42. The van der Waals surface area contributed by atoms with Crippen LogP contribution >= 0.6 is 28.3 Å². The van der Waals surface area contributed by atoms with Gasteiger partial charge in [0.05, 0.1) is 13.2 Å². The van der Waals surface area contributed by atoms with Crippen LogP contribution in [0.1, 0.15) is 177 Å². The topological polar surface area (TPSA) is 214 Å². The maximum atomic E-state index is 13.1. The van der Waals surface area contributed by atoms with Crippen molar-refractivity contribution in [1.29, 1.82) is 0 Å². The Morgan fingerprint density at radius 1 is 0.426 bits per heavy atom. The van der Waals surface area contributed by atoms with Gasteiger partial charge in [-0.25, -0.2) is 0 Å². The zero-order valence-corrected chi connectivity index (χ0v) is 63.7. The van der Waals surface area contributed by atoms with Gasteiger partial charge in [-0.3, -0.25) is 44.3 Å². The molecule has 8 aliphatic rings. The van der Waals surface area contributed by atoms with Crippen molar-refractivity contribution in [1.82, 2.24) is 30.7 Å². The SMILES string of the molecule is Cl.O=C1CCC(N2Cc3cc(N4CCN(CCCCCOc5ccc([C@@H]6c7ccc(O)cc7CC[C@@H]6c6ccccc6)cc5)CC4)ccc3C2=O)C(=O)N1.O=C1CCC(N2Cc3cc(N4CCNCC4)ccc3C2=O)C(=O)N1.Oc1ccc2c(c1)CC[C@H](c1ccccc1)[C@@H]2c1ccc(OCCCCCBr)cc1. The molecule has 16 rings (SSSR count). The zero-order valence-electron chi connectivity index (χ0n) is 61.3. The highest BCUT2D eigenvalue weighted by atomic mass is 79.9. The van der Waals surface area contributed by atoms with Gasteiger partial charge < -0.3 is 44.6 Å². The van der Waals surface area contributed by atoms with E-state index in [0.29, 0.717) is 67.0 Å². The van der Waals surface area contributed by atoms with Crippen molar-refractivity contribution >= 4 is 75.2 Å². The second-order valence-electron chi connectivity index (χ2n) is 29.5. The molecule has 6 amide bonds. The summed E-state index contributed by atoms with van der Waals surface area (Å²) in [7, 11) is 0. The number of anilines is 2. The molecule has 5 N–H and O–H groups in total. The van der Waals surface area contributed by atoms with E-state index in [2.05, 4.69) is 180 Å². The standard InChI is InChI=1S/C44H48N4O5.C27H29BrO2.C17H20N4O3.ClH/c49-35-13-18-38-32(28-35)11-16-37(30-7-3-1-4-8-30)42(38)31-9-14-36(15-10-31)53-26-6-2-5-21-46-22-24-47(25-23-46)34-12-17-39-33(27-34)29-48(44(39)52)40-19-20-41(50)45-43(40)51;28-17-5-2-6-18-30-24-13-9-21(10-14-24)27-25(20-7-3-1-4-8-20)15-11-22-19-23(29)12-16-26(22)27;22-15-4-3-14(16(23)19-15)21-10-11-9-12(1-2-13(11)17(21)24)20-7-5-18-6-8-20;/h1,3-4,7-10,12-15,17-18,27-28,37,40,42,49H,2,5-6,11,16,19-26,29H2,(H,45,50,51);1,3-4,7-10,12-14,16,19,25,27,29H,2,5-6,11,15,17-18H2;1-2,9,14,18H,3-8,10H2,(H,19,22,23);1H/t37-,40?,42+;25-,27+;;/m11../s1.